The predicted octanol–water partition coefficient (Wildman–Crippen LogP) is 2.88. The van der Waals surface area contributed by atoms with Crippen molar-refractivity contribution >= 4 is 27.8 Å². The highest BCUT2D eigenvalue weighted by Crippen LogP contribution is 2.12. The van der Waals surface area contributed by atoms with Crippen LogP contribution in [0.1, 0.15) is 5.76 Å². The van der Waals surface area contributed by atoms with E-state index in [1.807, 2.05) is 24.3 Å². The lowest BCUT2D eigenvalue weighted by atomic mass is 10.4. The van der Waals surface area contributed by atoms with E-state index < -0.39 is 0 Å². The monoisotopic (exact) mass is 265 g/mol. The third-order valence-electron chi connectivity index (χ3n) is 1.66. The number of pyridine rings is 1. The number of halogens is 1. The number of hydrogen-bond donors (Lipinski definition) is 1. The molecule has 2 heterocycles. The van der Waals surface area contributed by atoms with Gasteiger partial charge in [0.05, 0.1) is 11.9 Å². The van der Waals surface area contributed by atoms with Gasteiger partial charge in [-0.05, 0) is 40.2 Å². The summed E-state index contributed by atoms with van der Waals surface area (Å²) in [5, 5.41) is 4.01. The molecule has 0 amide bonds. The highest BCUT2D eigenvalue weighted by Gasteiger charge is 1.94. The number of rotatable bonds is 3. The summed E-state index contributed by atoms with van der Waals surface area (Å²) in [5.41, 5.74) is 3.74. The molecule has 76 valence electrons. The van der Waals surface area contributed by atoms with E-state index in [4.69, 9.17) is 4.42 Å². The highest BCUT2D eigenvalue weighted by molar-refractivity contribution is 9.10. The molecule has 2 rings (SSSR count). The highest BCUT2D eigenvalue weighted by atomic mass is 79.9. The minimum Gasteiger partial charge on any atom is -0.448 e. The van der Waals surface area contributed by atoms with Crippen LogP contribution in [0.25, 0.3) is 0 Å². The van der Waals surface area contributed by atoms with E-state index in [0.717, 1.165) is 5.69 Å². The second-order valence-electron chi connectivity index (χ2n) is 2.75. The standard InChI is InChI=1S/C10H8BrN3O/c11-10-2-1-9(15-10)7-13-14-8-3-5-12-6-4-8/h1-7H,(H,12,14)/b13-7+. The molecule has 0 saturated heterocycles. The molecule has 0 aliphatic rings. The predicted molar refractivity (Wildman–Crippen MR) is 61.9 cm³/mol. The van der Waals surface area contributed by atoms with Crippen LogP contribution < -0.4 is 5.43 Å². The number of aromatic nitrogens is 1. The van der Waals surface area contributed by atoms with Crippen molar-refractivity contribution in [1.29, 1.82) is 0 Å². The van der Waals surface area contributed by atoms with Crippen LogP contribution >= 0.6 is 15.9 Å². The molecule has 0 aliphatic carbocycles. The van der Waals surface area contributed by atoms with Crippen LogP contribution in [-0.2, 0) is 0 Å². The summed E-state index contributed by atoms with van der Waals surface area (Å²) in [5.74, 6) is 0.684. The quantitative estimate of drug-likeness (QED) is 0.686. The molecule has 0 bridgehead atoms. The van der Waals surface area contributed by atoms with Crippen molar-refractivity contribution in [3.8, 4) is 0 Å². The first-order valence-electron chi connectivity index (χ1n) is 4.29. The molecule has 0 aliphatic heterocycles. The average Bonchev–Trinajstić information content (AvgIpc) is 2.66. The lowest BCUT2D eigenvalue weighted by Crippen LogP contribution is -1.89. The second kappa shape index (κ2) is 4.75. The van der Waals surface area contributed by atoms with Gasteiger partial charge in [-0.15, -0.1) is 0 Å². The van der Waals surface area contributed by atoms with Crippen molar-refractivity contribution in [2.75, 3.05) is 5.43 Å². The summed E-state index contributed by atoms with van der Waals surface area (Å²) >= 11 is 3.21. The molecule has 0 aromatic carbocycles. The zero-order chi connectivity index (χ0) is 10.5. The number of hydrazone groups is 1. The molecular weight excluding hydrogens is 258 g/mol. The molecule has 4 nitrogen and oxygen atoms in total. The lowest BCUT2D eigenvalue weighted by molar-refractivity contribution is 0.534. The molecule has 2 aromatic rings. The van der Waals surface area contributed by atoms with Crippen molar-refractivity contribution in [2.45, 2.75) is 0 Å². The molecular formula is C10H8BrN3O. The Bertz CT molecular complexity index is 453. The van der Waals surface area contributed by atoms with E-state index in [-0.39, 0.29) is 0 Å². The first-order valence-corrected chi connectivity index (χ1v) is 5.08. The second-order valence-corrected chi connectivity index (χ2v) is 3.53. The van der Waals surface area contributed by atoms with Crippen LogP contribution in [0.15, 0.2) is 50.8 Å². The number of furan rings is 1. The summed E-state index contributed by atoms with van der Waals surface area (Å²) in [7, 11) is 0. The normalized spacial score (nSPS) is 10.7. The van der Waals surface area contributed by atoms with Crippen LogP contribution in [0.4, 0.5) is 5.69 Å². The van der Waals surface area contributed by atoms with E-state index >= 15 is 0 Å². The average molecular weight is 266 g/mol. The van der Waals surface area contributed by atoms with Gasteiger partial charge < -0.3 is 4.42 Å². The Morgan fingerprint density at radius 2 is 2.07 bits per heavy atom. The lowest BCUT2D eigenvalue weighted by Gasteiger charge is -1.96. The Labute approximate surface area is 95.2 Å². The van der Waals surface area contributed by atoms with Gasteiger partial charge >= 0.3 is 0 Å². The summed E-state index contributed by atoms with van der Waals surface area (Å²) < 4.78 is 5.92. The first kappa shape index (κ1) is 9.92. The Balaban J connectivity index is 1.96. The van der Waals surface area contributed by atoms with E-state index in [9.17, 15) is 0 Å². The topological polar surface area (TPSA) is 50.4 Å². The van der Waals surface area contributed by atoms with E-state index in [1.54, 1.807) is 18.6 Å². The molecule has 0 radical (unpaired) electrons. The smallest absolute Gasteiger partial charge is 0.169 e. The van der Waals surface area contributed by atoms with Gasteiger partial charge in [-0.3, -0.25) is 10.4 Å². The fourth-order valence-corrected chi connectivity index (χ4v) is 1.31. The summed E-state index contributed by atoms with van der Waals surface area (Å²) in [4.78, 5) is 3.90. The molecule has 1 N–H and O–H groups in total. The molecule has 15 heavy (non-hydrogen) atoms. The Kier molecular flexibility index (Phi) is 3.14. The molecule has 0 spiro atoms. The molecule has 5 heteroatoms. The maximum Gasteiger partial charge on any atom is 0.169 e. The van der Waals surface area contributed by atoms with Gasteiger partial charge in [0.15, 0.2) is 4.67 Å². The first-order chi connectivity index (χ1) is 7.34. The van der Waals surface area contributed by atoms with Crippen LogP contribution in [0, 0.1) is 0 Å². The third-order valence-corrected chi connectivity index (χ3v) is 2.09. The van der Waals surface area contributed by atoms with Gasteiger partial charge in [0.25, 0.3) is 0 Å². The van der Waals surface area contributed by atoms with Gasteiger partial charge in [0.1, 0.15) is 5.76 Å². The van der Waals surface area contributed by atoms with Crippen LogP contribution in [0.2, 0.25) is 0 Å². The zero-order valence-electron chi connectivity index (χ0n) is 7.72. The SMILES string of the molecule is Brc1ccc(/C=N/Nc2ccncc2)o1. The maximum atomic E-state index is 5.24. The fourth-order valence-electron chi connectivity index (χ4n) is 0.995. The van der Waals surface area contributed by atoms with Gasteiger partial charge in [-0.2, -0.15) is 5.10 Å². The maximum absolute atomic E-state index is 5.24. The van der Waals surface area contributed by atoms with Gasteiger partial charge in [0.2, 0.25) is 0 Å². The van der Waals surface area contributed by atoms with Crippen LogP contribution in [-0.4, -0.2) is 11.2 Å². The van der Waals surface area contributed by atoms with Crippen molar-refractivity contribution < 1.29 is 4.42 Å². The Hall–Kier alpha value is -1.62. The molecule has 2 aromatic heterocycles. The Morgan fingerprint density at radius 1 is 1.27 bits per heavy atom. The van der Waals surface area contributed by atoms with Gasteiger partial charge in [0, 0.05) is 12.4 Å². The molecule has 0 atom stereocenters. The van der Waals surface area contributed by atoms with Crippen molar-refractivity contribution in [1.82, 2.24) is 4.98 Å². The minimum atomic E-state index is 0.684. The van der Waals surface area contributed by atoms with Crippen LogP contribution in [0.3, 0.4) is 0 Å². The van der Waals surface area contributed by atoms with Crippen LogP contribution in [0.5, 0.6) is 0 Å². The van der Waals surface area contributed by atoms with Crippen molar-refractivity contribution in [3.05, 3.63) is 47.1 Å². The number of hydrogen-bond acceptors (Lipinski definition) is 4. The zero-order valence-corrected chi connectivity index (χ0v) is 9.31. The number of nitrogens with one attached hydrogen (secondary N) is 1. The van der Waals surface area contributed by atoms with Gasteiger partial charge in [-0.25, -0.2) is 0 Å². The van der Waals surface area contributed by atoms with Gasteiger partial charge in [-0.1, -0.05) is 0 Å². The number of anilines is 1. The van der Waals surface area contributed by atoms with E-state index in [0.29, 0.717) is 10.4 Å². The summed E-state index contributed by atoms with van der Waals surface area (Å²) in [6, 6.07) is 7.29. The third kappa shape index (κ3) is 2.92. The number of nitrogens with zero attached hydrogens (tertiary/aromatic N) is 2. The summed E-state index contributed by atoms with van der Waals surface area (Å²) in [6.07, 6.45) is 4.99. The fraction of sp³-hybridized carbons (Fsp3) is 0. The van der Waals surface area contributed by atoms with Crippen molar-refractivity contribution in [2.24, 2.45) is 5.10 Å². The molecule has 0 unspecified atom stereocenters. The largest absolute Gasteiger partial charge is 0.448 e. The van der Waals surface area contributed by atoms with E-state index in [1.165, 1.54) is 0 Å². The molecule has 0 fully saturated rings. The summed E-state index contributed by atoms with van der Waals surface area (Å²) in [6.45, 7) is 0. The van der Waals surface area contributed by atoms with E-state index in [2.05, 4.69) is 31.4 Å². The van der Waals surface area contributed by atoms with Crippen molar-refractivity contribution in [3.63, 3.8) is 0 Å². The molecule has 0 saturated carbocycles. The Morgan fingerprint density at radius 3 is 2.73 bits per heavy atom. The minimum absolute atomic E-state index is 0.684.